The van der Waals surface area contributed by atoms with Gasteiger partial charge in [-0.1, -0.05) is 6.08 Å². The van der Waals surface area contributed by atoms with Crippen LogP contribution in [0.25, 0.3) is 0 Å². The first-order valence-corrected chi connectivity index (χ1v) is 4.23. The van der Waals surface area contributed by atoms with Gasteiger partial charge in [0.2, 0.25) is 0 Å². The molecule has 0 aromatic rings. The third-order valence-corrected chi connectivity index (χ3v) is 2.26. The molecule has 1 aliphatic rings. The van der Waals surface area contributed by atoms with E-state index in [0.29, 0.717) is 0 Å². The van der Waals surface area contributed by atoms with Crippen LogP contribution in [0.4, 0.5) is 0 Å². The van der Waals surface area contributed by atoms with Crippen LogP contribution in [0.1, 0.15) is 19.3 Å². The van der Waals surface area contributed by atoms with Crippen LogP contribution in [-0.2, 0) is 4.74 Å². The Labute approximate surface area is 69.9 Å². The van der Waals surface area contributed by atoms with Crippen molar-refractivity contribution in [2.24, 2.45) is 0 Å². The molecule has 10 heavy (non-hydrogen) atoms. The van der Waals surface area contributed by atoms with Crippen molar-refractivity contribution in [1.29, 1.82) is 0 Å². The molecule has 0 aliphatic heterocycles. The van der Waals surface area contributed by atoms with Gasteiger partial charge in [0.1, 0.15) is 5.76 Å². The Hall–Kier alpha value is -0.240. The van der Waals surface area contributed by atoms with Crippen LogP contribution < -0.4 is 0 Å². The molecule has 1 rings (SSSR count). The Morgan fingerprint density at radius 3 is 3.10 bits per heavy atom. The molecule has 0 atom stereocenters. The van der Waals surface area contributed by atoms with Crippen molar-refractivity contribution >= 4 is 15.9 Å². The summed E-state index contributed by atoms with van der Waals surface area (Å²) in [5.41, 5.74) is 0. The maximum absolute atomic E-state index is 5.16. The summed E-state index contributed by atoms with van der Waals surface area (Å²) >= 11 is 3.43. The summed E-state index contributed by atoms with van der Waals surface area (Å²) in [6.45, 7) is 0. The van der Waals surface area contributed by atoms with Gasteiger partial charge in [0, 0.05) is 6.42 Å². The molecule has 0 heterocycles. The van der Waals surface area contributed by atoms with Gasteiger partial charge in [-0.15, -0.1) is 0 Å². The summed E-state index contributed by atoms with van der Waals surface area (Å²) < 4.78 is 6.26. The smallest absolute Gasteiger partial charge is 0.110 e. The van der Waals surface area contributed by atoms with E-state index in [1.54, 1.807) is 7.11 Å². The first-order valence-electron chi connectivity index (χ1n) is 3.44. The van der Waals surface area contributed by atoms with E-state index in [2.05, 4.69) is 28.1 Å². The molecule has 1 nitrogen and oxygen atoms in total. The SMILES string of the molecule is COC1=C(Br)C=CCCC1. The van der Waals surface area contributed by atoms with E-state index in [0.717, 1.165) is 23.1 Å². The predicted molar refractivity (Wildman–Crippen MR) is 46.0 cm³/mol. The molecule has 0 spiro atoms. The van der Waals surface area contributed by atoms with Crippen LogP contribution in [0.5, 0.6) is 0 Å². The zero-order chi connectivity index (χ0) is 7.40. The Balaban J connectivity index is 2.72. The number of rotatable bonds is 1. The van der Waals surface area contributed by atoms with Gasteiger partial charge in [-0.2, -0.15) is 0 Å². The second-order valence-electron chi connectivity index (χ2n) is 2.27. The molecule has 0 saturated carbocycles. The van der Waals surface area contributed by atoms with Crippen LogP contribution in [0.2, 0.25) is 0 Å². The van der Waals surface area contributed by atoms with Crippen LogP contribution in [-0.4, -0.2) is 7.11 Å². The monoisotopic (exact) mass is 202 g/mol. The van der Waals surface area contributed by atoms with E-state index >= 15 is 0 Å². The highest BCUT2D eigenvalue weighted by Crippen LogP contribution is 2.22. The lowest BCUT2D eigenvalue weighted by Crippen LogP contribution is -1.86. The maximum Gasteiger partial charge on any atom is 0.110 e. The first-order chi connectivity index (χ1) is 4.84. The number of methoxy groups -OCH3 is 1. The number of ether oxygens (including phenoxy) is 1. The highest BCUT2D eigenvalue weighted by molar-refractivity contribution is 9.11. The van der Waals surface area contributed by atoms with E-state index in [1.165, 1.54) is 6.42 Å². The number of allylic oxidation sites excluding steroid dienone is 4. The summed E-state index contributed by atoms with van der Waals surface area (Å²) in [6, 6.07) is 0. The van der Waals surface area contributed by atoms with Gasteiger partial charge in [0.25, 0.3) is 0 Å². The Morgan fingerprint density at radius 1 is 1.60 bits per heavy atom. The van der Waals surface area contributed by atoms with E-state index in [-0.39, 0.29) is 0 Å². The molecular weight excluding hydrogens is 192 g/mol. The number of halogens is 1. The fraction of sp³-hybridized carbons (Fsp3) is 0.500. The van der Waals surface area contributed by atoms with Crippen molar-refractivity contribution in [3.63, 3.8) is 0 Å². The van der Waals surface area contributed by atoms with Crippen LogP contribution in [0.3, 0.4) is 0 Å². The Kier molecular flexibility index (Phi) is 3.00. The zero-order valence-electron chi connectivity index (χ0n) is 6.06. The minimum atomic E-state index is 1.05. The average molecular weight is 203 g/mol. The van der Waals surface area contributed by atoms with Crippen molar-refractivity contribution in [1.82, 2.24) is 0 Å². The molecule has 0 aromatic carbocycles. The minimum Gasteiger partial charge on any atom is -0.500 e. The van der Waals surface area contributed by atoms with Crippen LogP contribution in [0, 0.1) is 0 Å². The molecule has 0 aromatic heterocycles. The third kappa shape index (κ3) is 1.87. The van der Waals surface area contributed by atoms with E-state index < -0.39 is 0 Å². The summed E-state index contributed by atoms with van der Waals surface area (Å²) in [7, 11) is 1.72. The van der Waals surface area contributed by atoms with Crippen molar-refractivity contribution < 1.29 is 4.74 Å². The van der Waals surface area contributed by atoms with Crippen LogP contribution in [0.15, 0.2) is 22.4 Å². The standard InChI is InChI=1S/C8H11BrO/c1-10-8-6-4-2-3-5-7(8)9/h3,5H,2,4,6H2,1H3. The number of hydrogen-bond acceptors (Lipinski definition) is 1. The van der Waals surface area contributed by atoms with Crippen molar-refractivity contribution in [3.8, 4) is 0 Å². The molecule has 0 fully saturated rings. The molecule has 0 amide bonds. The van der Waals surface area contributed by atoms with E-state index in [9.17, 15) is 0 Å². The highest BCUT2D eigenvalue weighted by Gasteiger charge is 2.03. The molecule has 0 bridgehead atoms. The molecule has 0 radical (unpaired) electrons. The van der Waals surface area contributed by atoms with Gasteiger partial charge in [-0.05, 0) is 34.8 Å². The first kappa shape index (κ1) is 7.86. The molecule has 0 N–H and O–H groups in total. The summed E-state index contributed by atoms with van der Waals surface area (Å²) in [4.78, 5) is 0. The van der Waals surface area contributed by atoms with Gasteiger partial charge in [0.05, 0.1) is 11.6 Å². The van der Waals surface area contributed by atoms with Crippen LogP contribution >= 0.6 is 15.9 Å². The van der Waals surface area contributed by atoms with E-state index in [4.69, 9.17) is 4.74 Å². The summed E-state index contributed by atoms with van der Waals surface area (Å²) in [6.07, 6.45) is 7.61. The molecule has 0 unspecified atom stereocenters. The molecule has 56 valence electrons. The Bertz CT molecular complexity index is 170. The van der Waals surface area contributed by atoms with Crippen molar-refractivity contribution in [2.75, 3.05) is 7.11 Å². The molecular formula is C8H11BrO. The third-order valence-electron chi connectivity index (χ3n) is 1.55. The lowest BCUT2D eigenvalue weighted by Gasteiger charge is -2.03. The summed E-state index contributed by atoms with van der Waals surface area (Å²) in [5.74, 6) is 1.06. The normalized spacial score (nSPS) is 19.0. The Morgan fingerprint density at radius 2 is 2.40 bits per heavy atom. The lowest BCUT2D eigenvalue weighted by molar-refractivity contribution is 0.275. The van der Waals surface area contributed by atoms with Gasteiger partial charge >= 0.3 is 0 Å². The van der Waals surface area contributed by atoms with E-state index in [1.807, 2.05) is 0 Å². The second kappa shape index (κ2) is 3.81. The topological polar surface area (TPSA) is 9.23 Å². The largest absolute Gasteiger partial charge is 0.500 e. The highest BCUT2D eigenvalue weighted by atomic mass is 79.9. The quantitative estimate of drug-likeness (QED) is 0.636. The van der Waals surface area contributed by atoms with Gasteiger partial charge in [-0.3, -0.25) is 0 Å². The summed E-state index contributed by atoms with van der Waals surface area (Å²) in [5, 5.41) is 0. The van der Waals surface area contributed by atoms with Crippen molar-refractivity contribution in [2.45, 2.75) is 19.3 Å². The second-order valence-corrected chi connectivity index (χ2v) is 3.12. The van der Waals surface area contributed by atoms with Gasteiger partial charge in [-0.25, -0.2) is 0 Å². The fourth-order valence-electron chi connectivity index (χ4n) is 0.979. The lowest BCUT2D eigenvalue weighted by atomic mass is 10.2. The number of hydrogen-bond donors (Lipinski definition) is 0. The fourth-order valence-corrected chi connectivity index (χ4v) is 1.53. The average Bonchev–Trinajstić information content (AvgIpc) is 2.13. The van der Waals surface area contributed by atoms with Gasteiger partial charge < -0.3 is 4.74 Å². The molecule has 1 aliphatic carbocycles. The van der Waals surface area contributed by atoms with Crippen molar-refractivity contribution in [3.05, 3.63) is 22.4 Å². The minimum absolute atomic E-state index is 1.05. The maximum atomic E-state index is 5.16. The predicted octanol–water partition coefficient (Wildman–Crippen LogP) is 2.98. The molecule has 2 heteroatoms. The zero-order valence-corrected chi connectivity index (χ0v) is 7.65. The molecule has 0 saturated heterocycles. The van der Waals surface area contributed by atoms with Gasteiger partial charge in [0.15, 0.2) is 0 Å².